The second kappa shape index (κ2) is 8.51. The maximum Gasteiger partial charge on any atom is 0.317 e. The summed E-state index contributed by atoms with van der Waals surface area (Å²) in [4.78, 5) is 14.9. The van der Waals surface area contributed by atoms with E-state index in [2.05, 4.69) is 18.7 Å². The van der Waals surface area contributed by atoms with Crippen LogP contribution in [0.3, 0.4) is 0 Å². The first-order valence-corrected chi connectivity index (χ1v) is 7.25. The van der Waals surface area contributed by atoms with Crippen LogP contribution in [-0.4, -0.2) is 73.4 Å². The fraction of sp³-hybridized carbons (Fsp3) is 0.929. The largest absolute Gasteiger partial charge is 0.480 e. The zero-order valence-corrected chi connectivity index (χ0v) is 12.5. The molecule has 0 aliphatic carbocycles. The van der Waals surface area contributed by atoms with E-state index < -0.39 is 5.97 Å². The molecule has 0 bridgehead atoms. The number of hydrogen-bond acceptors (Lipinski definition) is 4. The Balaban J connectivity index is 2.31. The van der Waals surface area contributed by atoms with Crippen molar-refractivity contribution >= 4 is 5.97 Å². The fourth-order valence-corrected chi connectivity index (χ4v) is 2.72. The van der Waals surface area contributed by atoms with E-state index in [1.54, 1.807) is 0 Å². The lowest BCUT2D eigenvalue weighted by Crippen LogP contribution is -2.48. The van der Waals surface area contributed by atoms with Gasteiger partial charge in [-0.25, -0.2) is 0 Å². The molecule has 2 atom stereocenters. The van der Waals surface area contributed by atoms with Crippen LogP contribution in [0.5, 0.6) is 0 Å². The number of ether oxygens (including phenoxy) is 1. The molecule has 5 nitrogen and oxygen atoms in total. The van der Waals surface area contributed by atoms with Crippen molar-refractivity contribution in [3.8, 4) is 0 Å². The second-order valence-corrected chi connectivity index (χ2v) is 5.74. The normalized spacial score (nSPS) is 22.6. The zero-order chi connectivity index (χ0) is 14.3. The van der Waals surface area contributed by atoms with Crippen molar-refractivity contribution in [2.75, 3.05) is 46.4 Å². The Bertz CT molecular complexity index is 273. The molecule has 1 N–H and O–H groups in total. The Hall–Kier alpha value is -0.650. The molecule has 0 spiro atoms. The number of likely N-dealkylation sites (N-methyl/N-ethyl adjacent to an activating group) is 1. The highest BCUT2D eigenvalue weighted by Crippen LogP contribution is 2.12. The number of carboxylic acids is 1. The molecule has 1 saturated heterocycles. The Kier molecular flexibility index (Phi) is 7.34. The number of hydrogen-bond donors (Lipinski definition) is 1. The van der Waals surface area contributed by atoms with Gasteiger partial charge in [-0.05, 0) is 19.4 Å². The van der Waals surface area contributed by atoms with Gasteiger partial charge < -0.3 is 9.84 Å². The summed E-state index contributed by atoms with van der Waals surface area (Å²) in [6.45, 7) is 9.06. The van der Waals surface area contributed by atoms with Crippen molar-refractivity contribution in [2.24, 2.45) is 5.92 Å². The third kappa shape index (κ3) is 6.89. The minimum atomic E-state index is -0.785. The van der Waals surface area contributed by atoms with E-state index >= 15 is 0 Å². The number of morpholine rings is 1. The van der Waals surface area contributed by atoms with Gasteiger partial charge in [-0.15, -0.1) is 0 Å². The minimum absolute atomic E-state index is 0.0755. The fourth-order valence-electron chi connectivity index (χ4n) is 2.72. The molecule has 0 aromatic heterocycles. The number of carboxylic acid groups (broad SMARTS) is 1. The van der Waals surface area contributed by atoms with Crippen LogP contribution in [0.1, 0.15) is 26.7 Å². The van der Waals surface area contributed by atoms with Gasteiger partial charge in [0, 0.05) is 26.2 Å². The van der Waals surface area contributed by atoms with Gasteiger partial charge in [0.2, 0.25) is 0 Å². The standard InChI is InChI=1S/C14H28N2O3/c1-4-5-12(2)8-16-6-7-19-13(10-16)9-15(3)11-14(17)18/h12-13H,4-11H2,1-3H3,(H,17,18). The van der Waals surface area contributed by atoms with Crippen molar-refractivity contribution in [3.63, 3.8) is 0 Å². The van der Waals surface area contributed by atoms with Crippen molar-refractivity contribution in [3.05, 3.63) is 0 Å². The summed E-state index contributed by atoms with van der Waals surface area (Å²) in [6, 6.07) is 0. The molecule has 1 fully saturated rings. The summed E-state index contributed by atoms with van der Waals surface area (Å²) in [6.07, 6.45) is 2.63. The van der Waals surface area contributed by atoms with Crippen molar-refractivity contribution < 1.29 is 14.6 Å². The Morgan fingerprint density at radius 1 is 1.58 bits per heavy atom. The molecular weight excluding hydrogens is 244 g/mol. The first-order chi connectivity index (χ1) is 9.01. The topological polar surface area (TPSA) is 53.0 Å². The summed E-state index contributed by atoms with van der Waals surface area (Å²) in [5.41, 5.74) is 0. The highest BCUT2D eigenvalue weighted by atomic mass is 16.5. The van der Waals surface area contributed by atoms with Crippen LogP contribution in [-0.2, 0) is 9.53 Å². The first-order valence-electron chi connectivity index (χ1n) is 7.25. The summed E-state index contributed by atoms with van der Waals surface area (Å²) < 4.78 is 5.73. The van der Waals surface area contributed by atoms with E-state index in [1.165, 1.54) is 12.8 Å². The van der Waals surface area contributed by atoms with Crippen molar-refractivity contribution in [1.82, 2.24) is 9.80 Å². The number of aliphatic carboxylic acids is 1. The molecule has 2 unspecified atom stereocenters. The molecule has 0 aromatic rings. The van der Waals surface area contributed by atoms with Gasteiger partial charge >= 0.3 is 5.97 Å². The molecule has 0 amide bonds. The van der Waals surface area contributed by atoms with Crippen LogP contribution in [0.2, 0.25) is 0 Å². The smallest absolute Gasteiger partial charge is 0.317 e. The SMILES string of the molecule is CCCC(C)CN1CCOC(CN(C)CC(=O)O)C1. The molecule has 19 heavy (non-hydrogen) atoms. The van der Waals surface area contributed by atoms with Crippen LogP contribution in [0, 0.1) is 5.92 Å². The monoisotopic (exact) mass is 272 g/mol. The van der Waals surface area contributed by atoms with Gasteiger partial charge in [0.05, 0.1) is 19.3 Å². The predicted molar refractivity (Wildman–Crippen MR) is 75.4 cm³/mol. The third-order valence-corrected chi connectivity index (χ3v) is 3.49. The lowest BCUT2D eigenvalue weighted by Gasteiger charge is -2.35. The predicted octanol–water partition coefficient (Wildman–Crippen LogP) is 1.14. The quantitative estimate of drug-likeness (QED) is 0.718. The van der Waals surface area contributed by atoms with Crippen molar-refractivity contribution in [1.29, 1.82) is 0 Å². The summed E-state index contributed by atoms with van der Waals surface area (Å²) >= 11 is 0. The summed E-state index contributed by atoms with van der Waals surface area (Å²) in [5.74, 6) is -0.0627. The molecule has 0 aromatic carbocycles. The summed E-state index contributed by atoms with van der Waals surface area (Å²) in [7, 11) is 1.83. The maximum absolute atomic E-state index is 10.6. The third-order valence-electron chi connectivity index (χ3n) is 3.49. The minimum Gasteiger partial charge on any atom is -0.480 e. The zero-order valence-electron chi connectivity index (χ0n) is 12.5. The second-order valence-electron chi connectivity index (χ2n) is 5.74. The van der Waals surface area contributed by atoms with E-state index in [0.717, 1.165) is 32.2 Å². The summed E-state index contributed by atoms with van der Waals surface area (Å²) in [5, 5.41) is 8.75. The van der Waals surface area contributed by atoms with E-state index in [4.69, 9.17) is 9.84 Å². The molecule has 1 rings (SSSR count). The average Bonchev–Trinajstić information content (AvgIpc) is 2.28. The lowest BCUT2D eigenvalue weighted by atomic mass is 10.1. The van der Waals surface area contributed by atoms with E-state index in [0.29, 0.717) is 6.54 Å². The van der Waals surface area contributed by atoms with Crippen LogP contribution in [0.15, 0.2) is 0 Å². The Morgan fingerprint density at radius 2 is 2.32 bits per heavy atom. The Morgan fingerprint density at radius 3 is 2.95 bits per heavy atom. The lowest BCUT2D eigenvalue weighted by molar-refractivity contribution is -0.138. The van der Waals surface area contributed by atoms with Crippen LogP contribution < -0.4 is 0 Å². The van der Waals surface area contributed by atoms with E-state index in [9.17, 15) is 4.79 Å². The molecule has 5 heteroatoms. The van der Waals surface area contributed by atoms with Crippen LogP contribution in [0.25, 0.3) is 0 Å². The van der Waals surface area contributed by atoms with E-state index in [-0.39, 0.29) is 12.6 Å². The van der Waals surface area contributed by atoms with Crippen molar-refractivity contribution in [2.45, 2.75) is 32.8 Å². The van der Waals surface area contributed by atoms with Gasteiger partial charge in [0.15, 0.2) is 0 Å². The van der Waals surface area contributed by atoms with Crippen LogP contribution in [0.4, 0.5) is 0 Å². The van der Waals surface area contributed by atoms with Gasteiger partial charge in [-0.1, -0.05) is 20.3 Å². The number of carbonyl (C=O) groups is 1. The first kappa shape index (κ1) is 16.4. The van der Waals surface area contributed by atoms with E-state index in [1.807, 2.05) is 11.9 Å². The molecule has 1 heterocycles. The average molecular weight is 272 g/mol. The van der Waals surface area contributed by atoms with Gasteiger partial charge in [0.25, 0.3) is 0 Å². The molecule has 1 aliphatic heterocycles. The van der Waals surface area contributed by atoms with Gasteiger partial charge in [-0.2, -0.15) is 0 Å². The number of rotatable bonds is 8. The van der Waals surface area contributed by atoms with Gasteiger partial charge in [-0.3, -0.25) is 14.6 Å². The Labute approximate surface area is 116 Å². The molecule has 0 saturated carbocycles. The van der Waals surface area contributed by atoms with Crippen LogP contribution >= 0.6 is 0 Å². The molecule has 112 valence electrons. The molecule has 1 aliphatic rings. The maximum atomic E-state index is 10.6. The molecule has 0 radical (unpaired) electrons. The molecular formula is C14H28N2O3. The highest BCUT2D eigenvalue weighted by molar-refractivity contribution is 5.68. The van der Waals surface area contributed by atoms with Gasteiger partial charge in [0.1, 0.15) is 0 Å². The highest BCUT2D eigenvalue weighted by Gasteiger charge is 2.23. The number of nitrogens with zero attached hydrogens (tertiary/aromatic N) is 2.